The number of nitrogens with zero attached hydrogens (tertiary/aromatic N) is 1. The monoisotopic (exact) mass is 342 g/mol. The van der Waals surface area contributed by atoms with Gasteiger partial charge in [-0.05, 0) is 12.1 Å². The summed E-state index contributed by atoms with van der Waals surface area (Å²) in [5.74, 6) is 4.78. The molecule has 5 rings (SSSR count). The summed E-state index contributed by atoms with van der Waals surface area (Å²) in [5, 5.41) is 2.43. The summed E-state index contributed by atoms with van der Waals surface area (Å²) in [5.41, 5.74) is 3.77. The first kappa shape index (κ1) is 14.7. The van der Waals surface area contributed by atoms with Gasteiger partial charge in [-0.25, -0.2) is 10.9 Å². The Kier molecular flexibility index (Phi) is 2.92. The molecule has 2 aromatic carbocycles. The molecule has 0 radical (unpaired) electrons. The lowest BCUT2D eigenvalue weighted by atomic mass is 9.95. The number of rotatable bonds is 2. The highest BCUT2D eigenvalue weighted by Gasteiger charge is 2.39. The van der Waals surface area contributed by atoms with E-state index < -0.39 is 11.8 Å². The Balaban J connectivity index is 1.86. The van der Waals surface area contributed by atoms with Crippen molar-refractivity contribution in [2.45, 2.75) is 0 Å². The molecule has 1 aliphatic heterocycles. The number of imide groups is 1. The molecule has 0 aliphatic carbocycles. The van der Waals surface area contributed by atoms with Crippen LogP contribution in [-0.4, -0.2) is 26.8 Å². The molecule has 0 bridgehead atoms. The average Bonchev–Trinajstić information content (AvgIpc) is 3.33. The van der Waals surface area contributed by atoms with Gasteiger partial charge in [0.25, 0.3) is 11.8 Å². The maximum absolute atomic E-state index is 12.8. The van der Waals surface area contributed by atoms with Crippen molar-refractivity contribution >= 4 is 44.8 Å². The summed E-state index contributed by atoms with van der Waals surface area (Å²) >= 11 is 0. The van der Waals surface area contributed by atoms with Crippen LogP contribution in [0.4, 0.5) is 0 Å². The molecule has 0 unspecified atom stereocenters. The minimum absolute atomic E-state index is 0.319. The average molecular weight is 342 g/mol. The van der Waals surface area contributed by atoms with Crippen LogP contribution in [0.15, 0.2) is 60.9 Å². The van der Waals surface area contributed by atoms with Gasteiger partial charge in [-0.2, -0.15) is 0 Å². The van der Waals surface area contributed by atoms with Crippen LogP contribution in [0.5, 0.6) is 0 Å². The van der Waals surface area contributed by atoms with Crippen LogP contribution in [0.2, 0.25) is 0 Å². The number of nitrogens with two attached hydrogens (primary N) is 1. The summed E-state index contributed by atoms with van der Waals surface area (Å²) in [6.45, 7) is 0. The van der Waals surface area contributed by atoms with Crippen molar-refractivity contribution in [3.63, 3.8) is 0 Å². The molecule has 0 saturated heterocycles. The molecule has 6 nitrogen and oxygen atoms in total. The first-order valence-electron chi connectivity index (χ1n) is 8.17. The molecule has 4 aromatic rings. The van der Waals surface area contributed by atoms with Crippen molar-refractivity contribution in [3.05, 3.63) is 72.1 Å². The normalized spacial score (nSPS) is 15.0. The van der Waals surface area contributed by atoms with E-state index in [4.69, 9.17) is 5.84 Å². The maximum Gasteiger partial charge on any atom is 0.276 e. The highest BCUT2D eigenvalue weighted by atomic mass is 16.2. The molecule has 26 heavy (non-hydrogen) atoms. The van der Waals surface area contributed by atoms with E-state index in [1.165, 1.54) is 0 Å². The fourth-order valence-corrected chi connectivity index (χ4v) is 3.60. The van der Waals surface area contributed by atoms with Crippen LogP contribution in [0.3, 0.4) is 0 Å². The second-order valence-corrected chi connectivity index (χ2v) is 6.23. The molecule has 6 heteroatoms. The lowest BCUT2D eigenvalue weighted by Crippen LogP contribution is -2.37. The third kappa shape index (κ3) is 1.84. The van der Waals surface area contributed by atoms with Gasteiger partial charge in [0.1, 0.15) is 0 Å². The Bertz CT molecular complexity index is 1150. The smallest absolute Gasteiger partial charge is 0.276 e. The fraction of sp³-hybridized carbons (Fsp3) is 0. The summed E-state index contributed by atoms with van der Waals surface area (Å²) < 4.78 is 0. The van der Waals surface area contributed by atoms with Gasteiger partial charge < -0.3 is 9.97 Å². The third-order valence-corrected chi connectivity index (χ3v) is 4.83. The largest absolute Gasteiger partial charge is 0.361 e. The number of aromatic amines is 2. The van der Waals surface area contributed by atoms with Crippen LogP contribution < -0.4 is 5.84 Å². The molecule has 0 fully saturated rings. The molecular weight excluding hydrogens is 328 g/mol. The molecule has 0 saturated carbocycles. The first-order valence-corrected chi connectivity index (χ1v) is 8.17. The number of carbonyl (C=O) groups is 2. The molecule has 0 atom stereocenters. The number of fused-ring (bicyclic) bond motifs is 2. The van der Waals surface area contributed by atoms with E-state index in [1.54, 1.807) is 12.4 Å². The van der Waals surface area contributed by atoms with Crippen LogP contribution >= 0.6 is 0 Å². The number of H-pyrrole nitrogens is 2. The number of hydrazine groups is 1. The van der Waals surface area contributed by atoms with Crippen molar-refractivity contribution in [2.75, 3.05) is 0 Å². The van der Waals surface area contributed by atoms with Gasteiger partial charge in [0.2, 0.25) is 0 Å². The van der Waals surface area contributed by atoms with Crippen molar-refractivity contribution in [1.29, 1.82) is 0 Å². The number of carbonyl (C=O) groups excluding carboxylic acids is 2. The number of amides is 2. The highest BCUT2D eigenvalue weighted by Crippen LogP contribution is 2.39. The van der Waals surface area contributed by atoms with Crippen LogP contribution in [-0.2, 0) is 9.59 Å². The van der Waals surface area contributed by atoms with Gasteiger partial charge in [-0.1, -0.05) is 36.4 Å². The minimum Gasteiger partial charge on any atom is -0.361 e. The van der Waals surface area contributed by atoms with Gasteiger partial charge in [0, 0.05) is 45.3 Å². The van der Waals surface area contributed by atoms with Crippen LogP contribution in [0.1, 0.15) is 11.1 Å². The molecular formula is C20H14N4O2. The molecule has 126 valence electrons. The molecule has 1 aliphatic rings. The summed E-state index contributed by atoms with van der Waals surface area (Å²) in [7, 11) is 0. The van der Waals surface area contributed by atoms with Crippen molar-refractivity contribution in [3.8, 4) is 0 Å². The molecule has 2 aromatic heterocycles. The summed E-state index contributed by atoms with van der Waals surface area (Å²) in [6, 6.07) is 15.3. The van der Waals surface area contributed by atoms with E-state index in [0.29, 0.717) is 27.3 Å². The van der Waals surface area contributed by atoms with Crippen molar-refractivity contribution in [2.24, 2.45) is 5.84 Å². The van der Waals surface area contributed by atoms with E-state index in [9.17, 15) is 9.59 Å². The number of aromatic nitrogens is 2. The van der Waals surface area contributed by atoms with Gasteiger partial charge in [-0.3, -0.25) is 9.59 Å². The SMILES string of the molecule is NN1C(=O)C(c2c[nH]c3ccccc23)=C(c2c[nH]c3ccccc23)C1=O. The number of benzene rings is 2. The molecule has 2 amide bonds. The number of hydrogen-bond acceptors (Lipinski definition) is 3. The van der Waals surface area contributed by atoms with Crippen LogP contribution in [0.25, 0.3) is 33.0 Å². The zero-order valence-corrected chi connectivity index (χ0v) is 13.6. The second-order valence-electron chi connectivity index (χ2n) is 6.23. The van der Waals surface area contributed by atoms with Gasteiger partial charge in [0.15, 0.2) is 0 Å². The quantitative estimate of drug-likeness (QED) is 0.297. The molecule has 3 heterocycles. The fourth-order valence-electron chi connectivity index (χ4n) is 3.60. The van der Waals surface area contributed by atoms with Gasteiger partial charge in [0.05, 0.1) is 11.1 Å². The Labute approximate surface area is 147 Å². The maximum atomic E-state index is 12.8. The van der Waals surface area contributed by atoms with E-state index in [1.807, 2.05) is 48.5 Å². The van der Waals surface area contributed by atoms with E-state index in [0.717, 1.165) is 21.8 Å². The molecule has 4 N–H and O–H groups in total. The van der Waals surface area contributed by atoms with Crippen molar-refractivity contribution in [1.82, 2.24) is 15.0 Å². The van der Waals surface area contributed by atoms with E-state index in [-0.39, 0.29) is 0 Å². The molecule has 0 spiro atoms. The number of para-hydroxylation sites is 2. The Morgan fingerprint density at radius 1 is 0.692 bits per heavy atom. The topological polar surface area (TPSA) is 95.0 Å². The number of nitrogens with one attached hydrogen (secondary N) is 2. The second kappa shape index (κ2) is 5.18. The third-order valence-electron chi connectivity index (χ3n) is 4.83. The predicted molar refractivity (Wildman–Crippen MR) is 99.5 cm³/mol. The van der Waals surface area contributed by atoms with Crippen LogP contribution in [0, 0.1) is 0 Å². The number of hydrogen-bond donors (Lipinski definition) is 3. The van der Waals surface area contributed by atoms with Gasteiger partial charge in [-0.15, -0.1) is 0 Å². The first-order chi connectivity index (χ1) is 12.7. The Hall–Kier alpha value is -3.64. The highest BCUT2D eigenvalue weighted by molar-refractivity contribution is 6.50. The summed E-state index contributed by atoms with van der Waals surface area (Å²) in [6.07, 6.45) is 3.50. The minimum atomic E-state index is -0.500. The summed E-state index contributed by atoms with van der Waals surface area (Å²) in [4.78, 5) is 31.9. The lowest BCUT2D eigenvalue weighted by Gasteiger charge is -2.05. The van der Waals surface area contributed by atoms with Gasteiger partial charge >= 0.3 is 0 Å². The Morgan fingerprint density at radius 2 is 1.12 bits per heavy atom. The standard InChI is InChI=1S/C20H14N4O2/c21-24-19(25)17(13-9-22-15-7-3-1-5-11(13)15)18(20(24)26)14-10-23-16-8-4-2-6-12(14)16/h1-10,22-23H,21H2. The predicted octanol–water partition coefficient (Wildman–Crippen LogP) is 2.80. The lowest BCUT2D eigenvalue weighted by molar-refractivity contribution is -0.136. The van der Waals surface area contributed by atoms with E-state index in [2.05, 4.69) is 9.97 Å². The van der Waals surface area contributed by atoms with E-state index >= 15 is 0 Å². The zero-order chi connectivity index (χ0) is 17.8. The Morgan fingerprint density at radius 3 is 1.58 bits per heavy atom. The van der Waals surface area contributed by atoms with Crippen molar-refractivity contribution < 1.29 is 9.59 Å². The zero-order valence-electron chi connectivity index (χ0n) is 13.6.